The van der Waals surface area contributed by atoms with Gasteiger partial charge in [0.15, 0.2) is 0 Å². The number of furan rings is 1. The Morgan fingerprint density at radius 3 is 2.82 bits per heavy atom. The number of pyridine rings is 1. The number of ether oxygens (including phenoxy) is 1. The summed E-state index contributed by atoms with van der Waals surface area (Å²) in [5.74, 6) is 1.05. The van der Waals surface area contributed by atoms with Crippen molar-refractivity contribution < 1.29 is 19.1 Å². The molecule has 1 aromatic carbocycles. The second kappa shape index (κ2) is 10.1. The van der Waals surface area contributed by atoms with Crippen LogP contribution in [-0.2, 0) is 11.2 Å². The number of aliphatic hydroxyl groups is 1. The number of hydrazine groups is 1. The lowest BCUT2D eigenvalue weighted by molar-refractivity contribution is -0.141. The highest BCUT2D eigenvalue weighted by Gasteiger charge is 2.23. The van der Waals surface area contributed by atoms with Crippen LogP contribution in [0.1, 0.15) is 30.5 Å². The van der Waals surface area contributed by atoms with Crippen LogP contribution in [0.3, 0.4) is 0 Å². The number of nitrogens with one attached hydrogen (secondary N) is 2. The van der Waals surface area contributed by atoms with Gasteiger partial charge in [0.25, 0.3) is 5.91 Å². The SMILES string of the molecule is C[C@H](O)C(=O)N1CCN(CCc2coc3cc(Oc4ccc(C5CCNN5)cn4)ccc23)CC1. The predicted octanol–water partition coefficient (Wildman–Crippen LogP) is 2.23. The Bertz CT molecular complexity index is 1120. The maximum atomic E-state index is 11.9. The van der Waals surface area contributed by atoms with Gasteiger partial charge in [0.2, 0.25) is 5.88 Å². The smallest absolute Gasteiger partial charge is 0.251 e. The zero-order valence-corrected chi connectivity index (χ0v) is 19.4. The molecule has 0 aliphatic carbocycles. The molecule has 180 valence electrons. The fraction of sp³-hybridized carbons (Fsp3) is 0.440. The van der Waals surface area contributed by atoms with E-state index in [1.807, 2.05) is 42.8 Å². The van der Waals surface area contributed by atoms with Crippen LogP contribution in [0.25, 0.3) is 11.0 Å². The van der Waals surface area contributed by atoms with E-state index in [4.69, 9.17) is 9.15 Å². The molecule has 4 heterocycles. The average molecular weight is 466 g/mol. The molecule has 0 spiro atoms. The lowest BCUT2D eigenvalue weighted by atomic mass is 10.1. The summed E-state index contributed by atoms with van der Waals surface area (Å²) in [6.45, 7) is 6.30. The van der Waals surface area contributed by atoms with Gasteiger partial charge < -0.3 is 19.2 Å². The minimum absolute atomic E-state index is 0.187. The van der Waals surface area contributed by atoms with E-state index in [1.54, 1.807) is 4.90 Å². The van der Waals surface area contributed by atoms with Crippen LogP contribution in [-0.4, -0.2) is 71.2 Å². The minimum Gasteiger partial charge on any atom is -0.464 e. The van der Waals surface area contributed by atoms with Gasteiger partial charge in [-0.15, -0.1) is 0 Å². The lowest BCUT2D eigenvalue weighted by Gasteiger charge is -2.35. The van der Waals surface area contributed by atoms with Crippen molar-refractivity contribution in [3.05, 3.63) is 53.9 Å². The summed E-state index contributed by atoms with van der Waals surface area (Å²) < 4.78 is 11.8. The number of amides is 1. The molecule has 2 fully saturated rings. The van der Waals surface area contributed by atoms with E-state index in [0.29, 0.717) is 24.7 Å². The number of fused-ring (bicyclic) bond motifs is 1. The number of benzene rings is 1. The Morgan fingerprint density at radius 1 is 1.26 bits per heavy atom. The molecule has 3 aromatic rings. The molecule has 0 saturated carbocycles. The van der Waals surface area contributed by atoms with Crippen molar-refractivity contribution in [2.24, 2.45) is 0 Å². The van der Waals surface area contributed by atoms with Gasteiger partial charge in [0, 0.05) is 69.0 Å². The number of carbonyl (C=O) groups is 1. The topological polar surface area (TPSA) is 103 Å². The van der Waals surface area contributed by atoms with Crippen molar-refractivity contribution in [2.45, 2.75) is 31.9 Å². The largest absolute Gasteiger partial charge is 0.464 e. The van der Waals surface area contributed by atoms with E-state index in [-0.39, 0.29) is 11.9 Å². The van der Waals surface area contributed by atoms with E-state index in [9.17, 15) is 9.90 Å². The molecule has 1 unspecified atom stereocenters. The molecule has 2 saturated heterocycles. The van der Waals surface area contributed by atoms with Crippen LogP contribution < -0.4 is 15.6 Å². The van der Waals surface area contributed by atoms with E-state index in [1.165, 1.54) is 6.92 Å². The molecule has 9 heteroatoms. The van der Waals surface area contributed by atoms with E-state index in [0.717, 1.165) is 61.1 Å². The number of hydrogen-bond donors (Lipinski definition) is 3. The zero-order chi connectivity index (χ0) is 23.5. The van der Waals surface area contributed by atoms with Crippen molar-refractivity contribution in [3.63, 3.8) is 0 Å². The Morgan fingerprint density at radius 2 is 2.12 bits per heavy atom. The highest BCUT2D eigenvalue weighted by atomic mass is 16.5. The first kappa shape index (κ1) is 22.8. The van der Waals surface area contributed by atoms with Crippen molar-refractivity contribution in [2.75, 3.05) is 39.3 Å². The van der Waals surface area contributed by atoms with Gasteiger partial charge in [-0.2, -0.15) is 0 Å². The van der Waals surface area contributed by atoms with Crippen LogP contribution in [0, 0.1) is 0 Å². The Balaban J connectivity index is 1.16. The number of hydrogen-bond acceptors (Lipinski definition) is 8. The number of carbonyl (C=O) groups excluding carboxylic acids is 1. The summed E-state index contributed by atoms with van der Waals surface area (Å²) >= 11 is 0. The van der Waals surface area contributed by atoms with Crippen LogP contribution in [0.4, 0.5) is 0 Å². The Hall–Kier alpha value is -2.98. The molecule has 0 radical (unpaired) electrons. The molecule has 34 heavy (non-hydrogen) atoms. The van der Waals surface area contributed by atoms with E-state index >= 15 is 0 Å². The maximum absolute atomic E-state index is 11.9. The van der Waals surface area contributed by atoms with Gasteiger partial charge >= 0.3 is 0 Å². The van der Waals surface area contributed by atoms with Crippen LogP contribution in [0.2, 0.25) is 0 Å². The van der Waals surface area contributed by atoms with Crippen LogP contribution in [0.15, 0.2) is 47.2 Å². The fourth-order valence-corrected chi connectivity index (χ4v) is 4.57. The number of piperazine rings is 1. The quantitative estimate of drug-likeness (QED) is 0.488. The van der Waals surface area contributed by atoms with E-state index < -0.39 is 6.10 Å². The molecular weight excluding hydrogens is 434 g/mol. The zero-order valence-electron chi connectivity index (χ0n) is 19.4. The molecule has 2 atom stereocenters. The first-order valence-electron chi connectivity index (χ1n) is 11.9. The third-order valence-corrected chi connectivity index (χ3v) is 6.58. The first-order chi connectivity index (χ1) is 16.6. The van der Waals surface area contributed by atoms with Gasteiger partial charge in [0.05, 0.1) is 6.26 Å². The molecule has 0 bridgehead atoms. The van der Waals surface area contributed by atoms with Crippen molar-refractivity contribution in [3.8, 4) is 11.6 Å². The van der Waals surface area contributed by atoms with Crippen molar-refractivity contribution in [1.82, 2.24) is 25.6 Å². The summed E-state index contributed by atoms with van der Waals surface area (Å²) in [7, 11) is 0. The summed E-state index contributed by atoms with van der Waals surface area (Å²) in [6, 6.07) is 10.1. The first-order valence-corrected chi connectivity index (χ1v) is 11.9. The third kappa shape index (κ3) is 5.07. The molecule has 9 nitrogen and oxygen atoms in total. The Labute approximate surface area is 198 Å². The van der Waals surface area contributed by atoms with Gasteiger partial charge in [-0.25, -0.2) is 4.98 Å². The number of aliphatic hydroxyl groups excluding tert-OH is 1. The second-order valence-electron chi connectivity index (χ2n) is 8.96. The molecule has 5 rings (SSSR count). The average Bonchev–Trinajstić information content (AvgIpc) is 3.53. The van der Waals surface area contributed by atoms with E-state index in [2.05, 4.69) is 20.7 Å². The number of rotatable bonds is 7. The molecular formula is C25H31N5O4. The van der Waals surface area contributed by atoms with Gasteiger partial charge in [-0.1, -0.05) is 6.07 Å². The minimum atomic E-state index is -0.931. The van der Waals surface area contributed by atoms with Gasteiger partial charge in [-0.05, 0) is 43.0 Å². The van der Waals surface area contributed by atoms with Gasteiger partial charge in [0.1, 0.15) is 17.4 Å². The maximum Gasteiger partial charge on any atom is 0.251 e. The normalized spacial score (nSPS) is 20.1. The standard InChI is InChI=1S/C25H31N5O4/c1-17(31)25(32)30-12-10-29(11-13-30)9-7-19-16-33-23-14-20(3-4-21(19)23)34-24-5-2-18(15-26-24)22-6-8-27-28-22/h2-5,14-17,22,27-28,31H,6-13H2,1H3/t17-,22?/m0/s1. The third-order valence-electron chi connectivity index (χ3n) is 6.58. The molecule has 3 N–H and O–H groups in total. The monoisotopic (exact) mass is 465 g/mol. The molecule has 2 aliphatic rings. The lowest BCUT2D eigenvalue weighted by Crippen LogP contribution is -2.51. The van der Waals surface area contributed by atoms with Crippen LogP contribution in [0.5, 0.6) is 11.6 Å². The number of nitrogens with zero attached hydrogens (tertiary/aromatic N) is 3. The summed E-state index contributed by atoms with van der Waals surface area (Å²) in [4.78, 5) is 20.5. The fourth-order valence-electron chi connectivity index (χ4n) is 4.57. The van der Waals surface area contributed by atoms with Crippen molar-refractivity contribution >= 4 is 16.9 Å². The molecule has 2 aliphatic heterocycles. The summed E-state index contributed by atoms with van der Waals surface area (Å²) in [6.07, 6.45) is 4.64. The highest BCUT2D eigenvalue weighted by molar-refractivity contribution is 5.82. The van der Waals surface area contributed by atoms with Crippen molar-refractivity contribution in [1.29, 1.82) is 0 Å². The van der Waals surface area contributed by atoms with Gasteiger partial charge in [-0.3, -0.25) is 20.5 Å². The highest BCUT2D eigenvalue weighted by Crippen LogP contribution is 2.29. The predicted molar refractivity (Wildman–Crippen MR) is 127 cm³/mol. The molecule has 2 aromatic heterocycles. The summed E-state index contributed by atoms with van der Waals surface area (Å²) in [5.41, 5.74) is 9.46. The summed E-state index contributed by atoms with van der Waals surface area (Å²) in [5, 5.41) is 10.6. The Kier molecular flexibility index (Phi) is 6.77. The number of aromatic nitrogens is 1. The molecule has 1 amide bonds. The van der Waals surface area contributed by atoms with Crippen LogP contribution >= 0.6 is 0 Å². The second-order valence-corrected chi connectivity index (χ2v) is 8.96.